The Labute approximate surface area is 65.3 Å². The summed E-state index contributed by atoms with van der Waals surface area (Å²) in [6.07, 6.45) is 0. The number of carbonyl (C=O) groups excluding carboxylic acids is 1. The molecule has 0 saturated carbocycles. The Morgan fingerprint density at radius 3 is 2.00 bits per heavy atom. The third-order valence-corrected chi connectivity index (χ3v) is 2.58. The van der Waals surface area contributed by atoms with Crippen LogP contribution >= 0.6 is 23.2 Å². The Bertz CT molecular complexity index is 118. The lowest BCUT2D eigenvalue weighted by Crippen LogP contribution is -2.34. The molecule has 0 aromatic carbocycles. The van der Waals surface area contributed by atoms with Crippen molar-refractivity contribution >= 4 is 29.0 Å². The summed E-state index contributed by atoms with van der Waals surface area (Å²) in [5.74, 6) is -0.0910. The summed E-state index contributed by atoms with van der Waals surface area (Å²) >= 11 is 11.3. The second kappa shape index (κ2) is 2.89. The number of carbonyl (C=O) groups is 1. The smallest absolute Gasteiger partial charge is 0.151 e. The molecule has 2 unspecified atom stereocenters. The Morgan fingerprint density at radius 2 is 2.00 bits per heavy atom. The molecule has 3 heteroatoms. The Kier molecular flexibility index (Phi) is 2.97. The minimum absolute atomic E-state index is 0.0910. The first-order valence-electron chi connectivity index (χ1n) is 2.73. The van der Waals surface area contributed by atoms with Gasteiger partial charge in [-0.05, 0) is 20.8 Å². The quantitative estimate of drug-likeness (QED) is 0.579. The number of Topliss-reactive ketones (excluding diaryl/α,β-unsaturated/α-hetero) is 1. The standard InChI is InChI=1S/C6H10Cl2O/c1-4(7)6(3,8)5(2)9/h4H,1-3H3. The molecule has 0 rings (SSSR count). The summed E-state index contributed by atoms with van der Waals surface area (Å²) < 4.78 is 0. The van der Waals surface area contributed by atoms with Gasteiger partial charge in [0.15, 0.2) is 5.78 Å². The fraction of sp³-hybridized carbons (Fsp3) is 0.833. The van der Waals surface area contributed by atoms with Crippen molar-refractivity contribution in [1.29, 1.82) is 0 Å². The normalized spacial score (nSPS) is 20.6. The third kappa shape index (κ3) is 2.15. The van der Waals surface area contributed by atoms with Crippen molar-refractivity contribution in [1.82, 2.24) is 0 Å². The van der Waals surface area contributed by atoms with Crippen LogP contribution in [0.5, 0.6) is 0 Å². The molecule has 0 heterocycles. The number of halogens is 2. The van der Waals surface area contributed by atoms with Gasteiger partial charge in [-0.2, -0.15) is 0 Å². The van der Waals surface area contributed by atoms with E-state index in [0.717, 1.165) is 0 Å². The van der Waals surface area contributed by atoms with E-state index >= 15 is 0 Å². The highest BCUT2D eigenvalue weighted by atomic mass is 35.5. The van der Waals surface area contributed by atoms with Gasteiger partial charge in [-0.1, -0.05) is 0 Å². The van der Waals surface area contributed by atoms with Crippen LogP contribution in [-0.4, -0.2) is 16.0 Å². The van der Waals surface area contributed by atoms with Crippen molar-refractivity contribution < 1.29 is 4.79 Å². The molecular formula is C6H10Cl2O. The van der Waals surface area contributed by atoms with Gasteiger partial charge in [-0.25, -0.2) is 0 Å². The molecule has 0 aliphatic heterocycles. The van der Waals surface area contributed by atoms with Crippen LogP contribution in [0.1, 0.15) is 20.8 Å². The number of rotatable bonds is 2. The van der Waals surface area contributed by atoms with Crippen LogP contribution in [-0.2, 0) is 4.79 Å². The molecule has 0 aliphatic rings. The van der Waals surface area contributed by atoms with Gasteiger partial charge >= 0.3 is 0 Å². The number of alkyl halides is 2. The maximum atomic E-state index is 10.7. The molecular weight excluding hydrogens is 159 g/mol. The third-order valence-electron chi connectivity index (χ3n) is 1.44. The first-order chi connectivity index (χ1) is 3.89. The molecule has 0 radical (unpaired) electrons. The second-order valence-corrected chi connectivity index (χ2v) is 3.69. The first kappa shape index (κ1) is 9.25. The van der Waals surface area contributed by atoms with Gasteiger partial charge in [0.1, 0.15) is 4.87 Å². The maximum Gasteiger partial charge on any atom is 0.151 e. The van der Waals surface area contributed by atoms with E-state index in [1.807, 2.05) is 0 Å². The zero-order chi connectivity index (χ0) is 7.65. The average molecular weight is 169 g/mol. The molecule has 0 aliphatic carbocycles. The average Bonchev–Trinajstić information content (AvgIpc) is 1.65. The van der Waals surface area contributed by atoms with Crippen molar-refractivity contribution in [3.05, 3.63) is 0 Å². The van der Waals surface area contributed by atoms with E-state index in [2.05, 4.69) is 0 Å². The van der Waals surface area contributed by atoms with Crippen molar-refractivity contribution in [2.24, 2.45) is 0 Å². The SMILES string of the molecule is CC(=O)C(C)(Cl)C(C)Cl. The van der Waals surface area contributed by atoms with Gasteiger partial charge in [0.25, 0.3) is 0 Å². The summed E-state index contributed by atoms with van der Waals surface area (Å²) in [7, 11) is 0. The zero-order valence-electron chi connectivity index (χ0n) is 5.74. The lowest BCUT2D eigenvalue weighted by atomic mass is 10.0. The zero-order valence-corrected chi connectivity index (χ0v) is 7.25. The summed E-state index contributed by atoms with van der Waals surface area (Å²) in [6, 6.07) is 0. The molecule has 0 aromatic rings. The molecule has 0 spiro atoms. The van der Waals surface area contributed by atoms with E-state index in [-0.39, 0.29) is 11.2 Å². The fourth-order valence-corrected chi connectivity index (χ4v) is 0.434. The van der Waals surface area contributed by atoms with Crippen LogP contribution in [0.4, 0.5) is 0 Å². The predicted molar refractivity (Wildman–Crippen MR) is 40.3 cm³/mol. The van der Waals surface area contributed by atoms with Crippen molar-refractivity contribution in [2.75, 3.05) is 0 Å². The lowest BCUT2D eigenvalue weighted by molar-refractivity contribution is -0.119. The highest BCUT2D eigenvalue weighted by Crippen LogP contribution is 2.24. The highest BCUT2D eigenvalue weighted by molar-refractivity contribution is 6.40. The highest BCUT2D eigenvalue weighted by Gasteiger charge is 2.31. The van der Waals surface area contributed by atoms with E-state index in [1.54, 1.807) is 13.8 Å². The summed E-state index contributed by atoms with van der Waals surface area (Å²) in [5, 5.41) is -0.323. The number of hydrogen-bond acceptors (Lipinski definition) is 1. The maximum absolute atomic E-state index is 10.7. The van der Waals surface area contributed by atoms with Crippen LogP contribution in [0.25, 0.3) is 0 Å². The van der Waals surface area contributed by atoms with E-state index in [9.17, 15) is 4.79 Å². The molecule has 54 valence electrons. The first-order valence-corrected chi connectivity index (χ1v) is 3.54. The summed E-state index contributed by atoms with van der Waals surface area (Å²) in [6.45, 7) is 4.76. The second-order valence-electron chi connectivity index (χ2n) is 2.25. The van der Waals surface area contributed by atoms with E-state index in [0.29, 0.717) is 0 Å². The minimum atomic E-state index is -0.901. The Morgan fingerprint density at radius 1 is 1.67 bits per heavy atom. The van der Waals surface area contributed by atoms with Crippen LogP contribution < -0.4 is 0 Å². The molecule has 0 amide bonds. The fourth-order valence-electron chi connectivity index (χ4n) is 0.280. The van der Waals surface area contributed by atoms with Crippen molar-refractivity contribution in [2.45, 2.75) is 31.0 Å². The molecule has 0 N–H and O–H groups in total. The van der Waals surface area contributed by atoms with Gasteiger partial charge in [-0.15, -0.1) is 23.2 Å². The molecule has 1 nitrogen and oxygen atoms in total. The molecule has 0 bridgehead atoms. The van der Waals surface area contributed by atoms with Crippen molar-refractivity contribution in [3.8, 4) is 0 Å². The largest absolute Gasteiger partial charge is 0.298 e. The molecule has 0 aromatic heterocycles. The van der Waals surface area contributed by atoms with Crippen molar-refractivity contribution in [3.63, 3.8) is 0 Å². The van der Waals surface area contributed by atoms with Gasteiger partial charge in [0, 0.05) is 0 Å². The summed E-state index contributed by atoms with van der Waals surface area (Å²) in [4.78, 5) is 9.79. The Hall–Kier alpha value is 0.250. The van der Waals surface area contributed by atoms with Gasteiger partial charge in [0.2, 0.25) is 0 Å². The minimum Gasteiger partial charge on any atom is -0.298 e. The molecule has 0 fully saturated rings. The van der Waals surface area contributed by atoms with Crippen LogP contribution in [0, 0.1) is 0 Å². The lowest BCUT2D eigenvalue weighted by Gasteiger charge is -2.20. The molecule has 2 atom stereocenters. The Balaban J connectivity index is 4.19. The van der Waals surface area contributed by atoms with Gasteiger partial charge in [0.05, 0.1) is 5.38 Å². The van der Waals surface area contributed by atoms with Crippen LogP contribution in [0.15, 0.2) is 0 Å². The van der Waals surface area contributed by atoms with E-state index in [1.165, 1.54) is 6.92 Å². The van der Waals surface area contributed by atoms with Crippen LogP contribution in [0.3, 0.4) is 0 Å². The van der Waals surface area contributed by atoms with Gasteiger partial charge < -0.3 is 0 Å². The van der Waals surface area contributed by atoms with Gasteiger partial charge in [-0.3, -0.25) is 4.79 Å². The van der Waals surface area contributed by atoms with E-state index < -0.39 is 4.87 Å². The van der Waals surface area contributed by atoms with Crippen LogP contribution in [0.2, 0.25) is 0 Å². The topological polar surface area (TPSA) is 17.1 Å². The molecule has 0 saturated heterocycles. The monoisotopic (exact) mass is 168 g/mol. The van der Waals surface area contributed by atoms with E-state index in [4.69, 9.17) is 23.2 Å². The summed E-state index contributed by atoms with van der Waals surface area (Å²) in [5.41, 5.74) is 0. The predicted octanol–water partition coefficient (Wildman–Crippen LogP) is 2.20. The number of ketones is 1. The molecule has 9 heavy (non-hydrogen) atoms. The number of hydrogen-bond donors (Lipinski definition) is 0.